The molecule has 0 aromatic rings. The number of nitrogens with one attached hydrogen (secondary N) is 1. The molecule has 0 fully saturated rings. The SMILES string of the molecule is CCOCC(O)CNC(C)COC. The average molecular weight is 191 g/mol. The third-order valence-corrected chi connectivity index (χ3v) is 1.63. The molecular weight excluding hydrogens is 170 g/mol. The molecule has 4 heteroatoms. The summed E-state index contributed by atoms with van der Waals surface area (Å²) in [6.45, 7) is 6.16. The van der Waals surface area contributed by atoms with Gasteiger partial charge in [-0.1, -0.05) is 0 Å². The molecule has 0 aliphatic carbocycles. The number of hydrogen-bond acceptors (Lipinski definition) is 4. The molecule has 0 radical (unpaired) electrons. The molecule has 0 amide bonds. The lowest BCUT2D eigenvalue weighted by Crippen LogP contribution is -2.38. The Labute approximate surface area is 80.2 Å². The van der Waals surface area contributed by atoms with Crippen molar-refractivity contribution in [3.8, 4) is 0 Å². The molecule has 0 aromatic carbocycles. The van der Waals surface area contributed by atoms with Crippen molar-refractivity contribution in [2.24, 2.45) is 0 Å². The van der Waals surface area contributed by atoms with Crippen LogP contribution in [0, 0.1) is 0 Å². The van der Waals surface area contributed by atoms with Crippen molar-refractivity contribution >= 4 is 0 Å². The summed E-state index contributed by atoms with van der Waals surface area (Å²) in [5.74, 6) is 0. The fourth-order valence-corrected chi connectivity index (χ4v) is 0.959. The first-order chi connectivity index (χ1) is 6.20. The van der Waals surface area contributed by atoms with Gasteiger partial charge in [-0.25, -0.2) is 0 Å². The summed E-state index contributed by atoms with van der Waals surface area (Å²) >= 11 is 0. The predicted octanol–water partition coefficient (Wildman–Crippen LogP) is 0.00830. The van der Waals surface area contributed by atoms with Crippen LogP contribution in [0.15, 0.2) is 0 Å². The van der Waals surface area contributed by atoms with E-state index < -0.39 is 6.10 Å². The highest BCUT2D eigenvalue weighted by molar-refractivity contribution is 4.63. The highest BCUT2D eigenvalue weighted by Crippen LogP contribution is 1.87. The van der Waals surface area contributed by atoms with E-state index in [0.29, 0.717) is 26.4 Å². The standard InChI is InChI=1S/C9H21NO3/c1-4-13-7-9(11)5-10-8(2)6-12-3/h8-11H,4-7H2,1-3H3. The van der Waals surface area contributed by atoms with Crippen LogP contribution in [0.2, 0.25) is 0 Å². The molecule has 0 heterocycles. The number of ether oxygens (including phenoxy) is 2. The van der Waals surface area contributed by atoms with Gasteiger partial charge in [0.15, 0.2) is 0 Å². The minimum atomic E-state index is -0.431. The van der Waals surface area contributed by atoms with Crippen molar-refractivity contribution in [1.82, 2.24) is 5.32 Å². The minimum absolute atomic E-state index is 0.265. The van der Waals surface area contributed by atoms with Crippen LogP contribution in [0.5, 0.6) is 0 Å². The van der Waals surface area contributed by atoms with Crippen LogP contribution in [0.25, 0.3) is 0 Å². The molecule has 2 atom stereocenters. The third-order valence-electron chi connectivity index (χ3n) is 1.63. The van der Waals surface area contributed by atoms with E-state index in [1.807, 2.05) is 13.8 Å². The highest BCUT2D eigenvalue weighted by Gasteiger charge is 2.06. The molecule has 80 valence electrons. The van der Waals surface area contributed by atoms with Gasteiger partial charge in [-0.2, -0.15) is 0 Å². The molecule has 0 rings (SSSR count). The van der Waals surface area contributed by atoms with E-state index in [-0.39, 0.29) is 6.04 Å². The molecule has 0 saturated carbocycles. The number of aliphatic hydroxyl groups is 1. The summed E-state index contributed by atoms with van der Waals surface area (Å²) in [6, 6.07) is 0.265. The Bertz CT molecular complexity index is 111. The molecule has 13 heavy (non-hydrogen) atoms. The molecule has 0 spiro atoms. The van der Waals surface area contributed by atoms with Gasteiger partial charge < -0.3 is 19.9 Å². The van der Waals surface area contributed by atoms with Crippen LogP contribution >= 0.6 is 0 Å². The number of hydrogen-bond donors (Lipinski definition) is 2. The van der Waals surface area contributed by atoms with Gasteiger partial charge in [-0.05, 0) is 13.8 Å². The summed E-state index contributed by atoms with van der Waals surface area (Å²) in [5.41, 5.74) is 0. The van der Waals surface area contributed by atoms with Crippen LogP contribution in [0.4, 0.5) is 0 Å². The Balaban J connectivity index is 3.29. The van der Waals surface area contributed by atoms with Crippen molar-refractivity contribution in [3.63, 3.8) is 0 Å². The first kappa shape index (κ1) is 12.8. The second kappa shape index (κ2) is 8.44. The van der Waals surface area contributed by atoms with Crippen LogP contribution in [0.1, 0.15) is 13.8 Å². The van der Waals surface area contributed by atoms with Gasteiger partial charge >= 0.3 is 0 Å². The molecule has 0 bridgehead atoms. The van der Waals surface area contributed by atoms with Crippen molar-refractivity contribution < 1.29 is 14.6 Å². The lowest BCUT2D eigenvalue weighted by atomic mass is 10.3. The predicted molar refractivity (Wildman–Crippen MR) is 51.8 cm³/mol. The van der Waals surface area contributed by atoms with Crippen molar-refractivity contribution in [2.45, 2.75) is 26.0 Å². The van der Waals surface area contributed by atoms with Gasteiger partial charge in [0.25, 0.3) is 0 Å². The highest BCUT2D eigenvalue weighted by atomic mass is 16.5. The zero-order chi connectivity index (χ0) is 10.1. The number of aliphatic hydroxyl groups excluding tert-OH is 1. The monoisotopic (exact) mass is 191 g/mol. The second-order valence-corrected chi connectivity index (χ2v) is 3.08. The maximum Gasteiger partial charge on any atom is 0.0897 e. The molecule has 2 N–H and O–H groups in total. The lowest BCUT2D eigenvalue weighted by molar-refractivity contribution is 0.0397. The van der Waals surface area contributed by atoms with E-state index in [1.54, 1.807) is 7.11 Å². The normalized spacial score (nSPS) is 15.7. The van der Waals surface area contributed by atoms with Crippen LogP contribution in [-0.4, -0.2) is 50.7 Å². The second-order valence-electron chi connectivity index (χ2n) is 3.08. The first-order valence-corrected chi connectivity index (χ1v) is 4.68. The maximum absolute atomic E-state index is 9.37. The van der Waals surface area contributed by atoms with Gasteiger partial charge in [0.05, 0.1) is 19.3 Å². The molecule has 0 aromatic heterocycles. The van der Waals surface area contributed by atoms with E-state index in [1.165, 1.54) is 0 Å². The summed E-state index contributed by atoms with van der Waals surface area (Å²) < 4.78 is 10.0. The van der Waals surface area contributed by atoms with Gasteiger partial charge in [0.1, 0.15) is 0 Å². The van der Waals surface area contributed by atoms with Crippen LogP contribution in [0.3, 0.4) is 0 Å². The summed E-state index contributed by atoms with van der Waals surface area (Å²) in [7, 11) is 1.66. The summed E-state index contributed by atoms with van der Waals surface area (Å²) in [5, 5.41) is 12.5. The minimum Gasteiger partial charge on any atom is -0.389 e. The Kier molecular flexibility index (Phi) is 8.33. The van der Waals surface area contributed by atoms with Crippen molar-refractivity contribution in [3.05, 3.63) is 0 Å². The maximum atomic E-state index is 9.37. The first-order valence-electron chi connectivity index (χ1n) is 4.68. The van der Waals surface area contributed by atoms with E-state index in [2.05, 4.69) is 5.32 Å². The van der Waals surface area contributed by atoms with Crippen molar-refractivity contribution in [2.75, 3.05) is 33.5 Å². The molecule has 0 aliphatic rings. The van der Waals surface area contributed by atoms with E-state index in [9.17, 15) is 5.11 Å². The molecule has 0 saturated heterocycles. The van der Waals surface area contributed by atoms with E-state index >= 15 is 0 Å². The van der Waals surface area contributed by atoms with Crippen LogP contribution < -0.4 is 5.32 Å². The Morgan fingerprint density at radius 3 is 2.62 bits per heavy atom. The Morgan fingerprint density at radius 2 is 2.08 bits per heavy atom. The summed E-state index contributed by atoms with van der Waals surface area (Å²) in [6.07, 6.45) is -0.431. The molecular formula is C9H21NO3. The molecule has 2 unspecified atom stereocenters. The fraction of sp³-hybridized carbons (Fsp3) is 1.00. The van der Waals surface area contributed by atoms with E-state index in [4.69, 9.17) is 9.47 Å². The summed E-state index contributed by atoms with van der Waals surface area (Å²) in [4.78, 5) is 0. The Hall–Kier alpha value is -0.160. The quantitative estimate of drug-likeness (QED) is 0.567. The van der Waals surface area contributed by atoms with E-state index in [0.717, 1.165) is 0 Å². The molecule has 0 aliphatic heterocycles. The number of rotatable bonds is 8. The number of methoxy groups -OCH3 is 1. The Morgan fingerprint density at radius 1 is 1.38 bits per heavy atom. The van der Waals surface area contributed by atoms with Gasteiger partial charge in [-0.3, -0.25) is 0 Å². The lowest BCUT2D eigenvalue weighted by Gasteiger charge is -2.16. The average Bonchev–Trinajstić information content (AvgIpc) is 2.12. The topological polar surface area (TPSA) is 50.7 Å². The fourth-order valence-electron chi connectivity index (χ4n) is 0.959. The van der Waals surface area contributed by atoms with Crippen molar-refractivity contribution in [1.29, 1.82) is 0 Å². The van der Waals surface area contributed by atoms with Crippen LogP contribution in [-0.2, 0) is 9.47 Å². The van der Waals surface area contributed by atoms with Gasteiger partial charge in [0.2, 0.25) is 0 Å². The zero-order valence-electron chi connectivity index (χ0n) is 8.75. The smallest absolute Gasteiger partial charge is 0.0897 e. The van der Waals surface area contributed by atoms with Gasteiger partial charge in [0, 0.05) is 26.3 Å². The molecule has 4 nitrogen and oxygen atoms in total. The zero-order valence-corrected chi connectivity index (χ0v) is 8.75. The largest absolute Gasteiger partial charge is 0.389 e. The third kappa shape index (κ3) is 8.18. The van der Waals surface area contributed by atoms with Gasteiger partial charge in [-0.15, -0.1) is 0 Å².